The Labute approximate surface area is 153 Å². The monoisotopic (exact) mass is 356 g/mol. The van der Waals surface area contributed by atoms with Gasteiger partial charge in [0.1, 0.15) is 0 Å². The number of rotatable bonds is 6. The maximum Gasteiger partial charge on any atom is 0.289 e. The van der Waals surface area contributed by atoms with Gasteiger partial charge in [-0.3, -0.25) is 14.6 Å². The van der Waals surface area contributed by atoms with Gasteiger partial charge < -0.3 is 19.5 Å². The number of nitrogens with one attached hydrogen (secondary N) is 1. The number of nitrogens with zero attached hydrogens (tertiary/aromatic N) is 3. The van der Waals surface area contributed by atoms with E-state index >= 15 is 0 Å². The number of furan rings is 1. The maximum atomic E-state index is 12.7. The first-order valence-corrected chi connectivity index (χ1v) is 9.00. The molecule has 1 N–H and O–H groups in total. The summed E-state index contributed by atoms with van der Waals surface area (Å²) in [6, 6.07) is 5.19. The molecule has 7 heteroatoms. The third-order valence-corrected chi connectivity index (χ3v) is 4.43. The molecule has 2 aromatic heterocycles. The fraction of sp³-hybridized carbons (Fsp3) is 0.421. The van der Waals surface area contributed by atoms with E-state index in [0.29, 0.717) is 37.5 Å². The van der Waals surface area contributed by atoms with Crippen LogP contribution in [0.25, 0.3) is 0 Å². The summed E-state index contributed by atoms with van der Waals surface area (Å²) in [6.45, 7) is 4.98. The average Bonchev–Trinajstić information content (AvgIpc) is 3.22. The van der Waals surface area contributed by atoms with Crippen LogP contribution in [-0.4, -0.2) is 59.3 Å². The zero-order chi connectivity index (χ0) is 18.4. The molecule has 0 spiro atoms. The van der Waals surface area contributed by atoms with Crippen LogP contribution in [0.3, 0.4) is 0 Å². The zero-order valence-electron chi connectivity index (χ0n) is 15.0. The molecule has 2 aromatic rings. The van der Waals surface area contributed by atoms with Crippen LogP contribution in [0.15, 0.2) is 41.3 Å². The van der Waals surface area contributed by atoms with Crippen LogP contribution in [0.1, 0.15) is 40.7 Å². The molecule has 0 aliphatic carbocycles. The molecule has 0 saturated carbocycles. The highest BCUT2D eigenvalue weighted by Crippen LogP contribution is 2.14. The second-order valence-corrected chi connectivity index (χ2v) is 6.30. The van der Waals surface area contributed by atoms with Crippen molar-refractivity contribution in [3.8, 4) is 0 Å². The molecule has 1 aliphatic rings. The van der Waals surface area contributed by atoms with Crippen LogP contribution >= 0.6 is 0 Å². The molecule has 1 saturated heterocycles. The molecule has 0 radical (unpaired) electrons. The minimum atomic E-state index is -0.133. The Bertz CT molecular complexity index is 737. The van der Waals surface area contributed by atoms with E-state index in [1.54, 1.807) is 34.3 Å². The van der Waals surface area contributed by atoms with Gasteiger partial charge in [-0.15, -0.1) is 0 Å². The van der Waals surface area contributed by atoms with Crippen LogP contribution in [0.5, 0.6) is 0 Å². The Morgan fingerprint density at radius 3 is 2.54 bits per heavy atom. The van der Waals surface area contributed by atoms with Gasteiger partial charge >= 0.3 is 0 Å². The number of pyridine rings is 1. The number of hydrogen-bond donors (Lipinski definition) is 1. The van der Waals surface area contributed by atoms with Crippen LogP contribution < -0.4 is 5.32 Å². The van der Waals surface area contributed by atoms with Crippen molar-refractivity contribution in [1.82, 2.24) is 14.8 Å². The van der Waals surface area contributed by atoms with Gasteiger partial charge in [-0.05, 0) is 24.6 Å². The van der Waals surface area contributed by atoms with E-state index < -0.39 is 0 Å². The smallest absolute Gasteiger partial charge is 0.289 e. The normalized spacial score (nSPS) is 14.3. The van der Waals surface area contributed by atoms with Crippen molar-refractivity contribution >= 4 is 17.5 Å². The molecule has 2 amide bonds. The highest BCUT2D eigenvalue weighted by Gasteiger charge is 2.26. The minimum absolute atomic E-state index is 0.0539. The van der Waals surface area contributed by atoms with Gasteiger partial charge in [-0.1, -0.05) is 13.3 Å². The molecule has 3 heterocycles. The summed E-state index contributed by atoms with van der Waals surface area (Å²) < 4.78 is 5.16. The van der Waals surface area contributed by atoms with E-state index in [9.17, 15) is 9.59 Å². The van der Waals surface area contributed by atoms with Crippen molar-refractivity contribution in [3.63, 3.8) is 0 Å². The zero-order valence-corrected chi connectivity index (χ0v) is 15.0. The van der Waals surface area contributed by atoms with Crippen LogP contribution in [0.4, 0.5) is 5.69 Å². The molecule has 7 nitrogen and oxygen atoms in total. The number of aromatic nitrogens is 1. The molecule has 1 aliphatic heterocycles. The molecule has 26 heavy (non-hydrogen) atoms. The van der Waals surface area contributed by atoms with E-state index in [0.717, 1.165) is 25.1 Å². The van der Waals surface area contributed by atoms with Gasteiger partial charge in [0.2, 0.25) is 0 Å². The fourth-order valence-corrected chi connectivity index (χ4v) is 2.91. The summed E-state index contributed by atoms with van der Waals surface area (Å²) in [5.74, 6) is 0.146. The van der Waals surface area contributed by atoms with Gasteiger partial charge in [0, 0.05) is 45.1 Å². The van der Waals surface area contributed by atoms with Crippen molar-refractivity contribution in [2.75, 3.05) is 38.0 Å². The first-order chi connectivity index (χ1) is 12.7. The molecule has 138 valence electrons. The summed E-state index contributed by atoms with van der Waals surface area (Å²) >= 11 is 0. The quantitative estimate of drug-likeness (QED) is 0.805. The van der Waals surface area contributed by atoms with Gasteiger partial charge in [0.05, 0.1) is 17.5 Å². The third-order valence-electron chi connectivity index (χ3n) is 4.43. The number of carbonyl (C=O) groups excluding carboxylic acids is 2. The van der Waals surface area contributed by atoms with Crippen molar-refractivity contribution in [2.45, 2.75) is 19.8 Å². The SMILES string of the molecule is CCCCNc1cncc(C(=O)N2CCN(C(=O)c3ccco3)CC2)c1. The predicted octanol–water partition coefficient (Wildman–Crippen LogP) is 2.48. The lowest BCUT2D eigenvalue weighted by atomic mass is 10.2. The van der Waals surface area contributed by atoms with E-state index in [2.05, 4.69) is 17.2 Å². The number of piperazine rings is 1. The van der Waals surface area contributed by atoms with Crippen molar-refractivity contribution < 1.29 is 14.0 Å². The number of anilines is 1. The highest BCUT2D eigenvalue weighted by atomic mass is 16.3. The summed E-state index contributed by atoms with van der Waals surface area (Å²) in [6.07, 6.45) is 6.99. The first-order valence-electron chi connectivity index (χ1n) is 9.00. The second-order valence-electron chi connectivity index (χ2n) is 6.30. The van der Waals surface area contributed by atoms with Crippen LogP contribution in [0.2, 0.25) is 0 Å². The molecule has 0 unspecified atom stereocenters. The lowest BCUT2D eigenvalue weighted by molar-refractivity contribution is 0.0518. The summed E-state index contributed by atoms with van der Waals surface area (Å²) in [4.78, 5) is 32.7. The summed E-state index contributed by atoms with van der Waals surface area (Å²) in [7, 11) is 0. The summed E-state index contributed by atoms with van der Waals surface area (Å²) in [5, 5.41) is 3.28. The van der Waals surface area contributed by atoms with E-state index in [1.165, 1.54) is 6.26 Å². The first kappa shape index (κ1) is 18.0. The van der Waals surface area contributed by atoms with Gasteiger partial charge in [0.25, 0.3) is 11.8 Å². The summed E-state index contributed by atoms with van der Waals surface area (Å²) in [5.41, 5.74) is 1.42. The number of amides is 2. The molecule has 3 rings (SSSR count). The minimum Gasteiger partial charge on any atom is -0.459 e. The largest absolute Gasteiger partial charge is 0.459 e. The van der Waals surface area contributed by atoms with Crippen molar-refractivity contribution in [2.24, 2.45) is 0 Å². The van der Waals surface area contributed by atoms with Crippen molar-refractivity contribution in [1.29, 1.82) is 0 Å². The molecule has 1 fully saturated rings. The van der Waals surface area contributed by atoms with Crippen LogP contribution in [0, 0.1) is 0 Å². The Hall–Kier alpha value is -2.83. The number of carbonyl (C=O) groups is 2. The average molecular weight is 356 g/mol. The maximum absolute atomic E-state index is 12.7. The molecule has 0 atom stereocenters. The predicted molar refractivity (Wildman–Crippen MR) is 98.1 cm³/mol. The third kappa shape index (κ3) is 4.22. The van der Waals surface area contributed by atoms with E-state index in [-0.39, 0.29) is 11.8 Å². The van der Waals surface area contributed by atoms with E-state index in [1.807, 2.05) is 6.07 Å². The van der Waals surface area contributed by atoms with Crippen molar-refractivity contribution in [3.05, 3.63) is 48.2 Å². The lowest BCUT2D eigenvalue weighted by Crippen LogP contribution is -2.50. The Morgan fingerprint density at radius 1 is 1.15 bits per heavy atom. The molecule has 0 bridgehead atoms. The topological polar surface area (TPSA) is 78.7 Å². The van der Waals surface area contributed by atoms with Crippen LogP contribution in [-0.2, 0) is 0 Å². The van der Waals surface area contributed by atoms with Gasteiger partial charge in [-0.25, -0.2) is 0 Å². The Morgan fingerprint density at radius 2 is 1.88 bits per heavy atom. The number of unbranched alkanes of at least 4 members (excludes halogenated alkanes) is 1. The lowest BCUT2D eigenvalue weighted by Gasteiger charge is -2.34. The fourth-order valence-electron chi connectivity index (χ4n) is 2.91. The number of hydrogen-bond acceptors (Lipinski definition) is 5. The Kier molecular flexibility index (Phi) is 5.88. The standard InChI is InChI=1S/C19H24N4O3/c1-2-3-6-21-16-12-15(13-20-14-16)18(24)22-7-9-23(10-8-22)19(25)17-5-4-11-26-17/h4-5,11-14,21H,2-3,6-10H2,1H3. The van der Waals surface area contributed by atoms with Gasteiger partial charge in [0.15, 0.2) is 5.76 Å². The molecular formula is C19H24N4O3. The van der Waals surface area contributed by atoms with E-state index in [4.69, 9.17) is 4.42 Å². The Balaban J connectivity index is 1.56. The highest BCUT2D eigenvalue weighted by molar-refractivity contribution is 5.95. The molecule has 0 aromatic carbocycles. The molecular weight excluding hydrogens is 332 g/mol. The van der Waals surface area contributed by atoms with Gasteiger partial charge in [-0.2, -0.15) is 0 Å². The second kappa shape index (κ2) is 8.51.